The normalized spacial score (nSPS) is 24.4. The molecule has 2 fully saturated rings. The van der Waals surface area contributed by atoms with Gasteiger partial charge in [-0.25, -0.2) is 0 Å². The molecule has 1 N–H and O–H groups in total. The molecule has 1 aromatic rings. The average molecular weight is 384 g/mol. The van der Waals surface area contributed by atoms with E-state index in [4.69, 9.17) is 0 Å². The van der Waals surface area contributed by atoms with Crippen molar-refractivity contribution in [3.05, 3.63) is 35.4 Å². The van der Waals surface area contributed by atoms with E-state index < -0.39 is 0 Å². The fraction of sp³-hybridized carbons (Fsp3) is 0.652. The van der Waals surface area contributed by atoms with Crippen LogP contribution in [0.15, 0.2) is 24.3 Å². The van der Waals surface area contributed by atoms with E-state index in [1.165, 1.54) is 24.0 Å². The van der Waals surface area contributed by atoms with Crippen LogP contribution in [0.3, 0.4) is 0 Å². The topological polar surface area (TPSA) is 52.7 Å². The molecular weight excluding hydrogens is 350 g/mol. The molecule has 2 amide bonds. The molecule has 5 nitrogen and oxygen atoms in total. The van der Waals surface area contributed by atoms with Crippen LogP contribution in [0.5, 0.6) is 0 Å². The van der Waals surface area contributed by atoms with Crippen molar-refractivity contribution in [1.29, 1.82) is 0 Å². The second kappa shape index (κ2) is 8.64. The highest BCUT2D eigenvalue weighted by atomic mass is 16.2. The third-order valence-electron chi connectivity index (χ3n) is 6.55. The number of likely N-dealkylation sites (tertiary alicyclic amines) is 1. The molecule has 0 aromatic heterocycles. The van der Waals surface area contributed by atoms with Gasteiger partial charge in [-0.2, -0.15) is 0 Å². The summed E-state index contributed by atoms with van der Waals surface area (Å²) in [5, 5.41) is 3.11. The van der Waals surface area contributed by atoms with Crippen LogP contribution in [0.4, 0.5) is 0 Å². The molecule has 1 saturated heterocycles. The Morgan fingerprint density at radius 3 is 2.36 bits per heavy atom. The van der Waals surface area contributed by atoms with E-state index in [0.29, 0.717) is 24.9 Å². The number of hydrogen-bond acceptors (Lipinski definition) is 3. The van der Waals surface area contributed by atoms with Gasteiger partial charge in [0.05, 0.1) is 0 Å². The molecule has 1 aromatic carbocycles. The summed E-state index contributed by atoms with van der Waals surface area (Å²) >= 11 is 0. The van der Waals surface area contributed by atoms with Crippen LogP contribution in [0, 0.1) is 5.92 Å². The lowest BCUT2D eigenvalue weighted by molar-refractivity contribution is -0.133. The van der Waals surface area contributed by atoms with Gasteiger partial charge < -0.3 is 10.2 Å². The van der Waals surface area contributed by atoms with Gasteiger partial charge in [-0.3, -0.25) is 14.5 Å². The zero-order chi connectivity index (χ0) is 19.5. The molecule has 2 atom stereocenters. The molecule has 0 spiro atoms. The van der Waals surface area contributed by atoms with Gasteiger partial charge in [0.15, 0.2) is 0 Å². The lowest BCUT2D eigenvalue weighted by atomic mass is 10.1. The summed E-state index contributed by atoms with van der Waals surface area (Å²) in [6.07, 6.45) is 6.87. The van der Waals surface area contributed by atoms with Crippen molar-refractivity contribution in [3.8, 4) is 0 Å². The van der Waals surface area contributed by atoms with Crippen LogP contribution >= 0.6 is 0 Å². The van der Waals surface area contributed by atoms with Gasteiger partial charge in [0, 0.05) is 51.1 Å². The Bertz CT molecular complexity index is 691. The minimum atomic E-state index is 0.156. The van der Waals surface area contributed by atoms with Gasteiger partial charge in [0.1, 0.15) is 0 Å². The van der Waals surface area contributed by atoms with E-state index in [1.807, 2.05) is 11.8 Å². The molecule has 0 radical (unpaired) electrons. The number of hydrogen-bond donors (Lipinski definition) is 1. The summed E-state index contributed by atoms with van der Waals surface area (Å²) in [6.45, 7) is 5.35. The van der Waals surface area contributed by atoms with Gasteiger partial charge in [-0.1, -0.05) is 31.2 Å². The molecule has 5 heteroatoms. The minimum absolute atomic E-state index is 0.156. The van der Waals surface area contributed by atoms with Crippen LogP contribution in [0.25, 0.3) is 0 Å². The molecule has 2 heterocycles. The molecular formula is C23H33N3O2. The predicted octanol–water partition coefficient (Wildman–Crippen LogP) is 3.08. The Morgan fingerprint density at radius 2 is 1.71 bits per heavy atom. The molecule has 0 unspecified atom stereocenters. The van der Waals surface area contributed by atoms with E-state index in [-0.39, 0.29) is 11.8 Å². The quantitative estimate of drug-likeness (QED) is 0.751. The number of nitrogens with zero attached hydrogens (tertiary/aromatic N) is 2. The van der Waals surface area contributed by atoms with Crippen molar-refractivity contribution in [2.24, 2.45) is 5.92 Å². The van der Waals surface area contributed by atoms with Crippen molar-refractivity contribution in [3.63, 3.8) is 0 Å². The second-order valence-electron chi connectivity index (χ2n) is 8.80. The first-order chi connectivity index (χ1) is 13.6. The summed E-state index contributed by atoms with van der Waals surface area (Å²) in [4.78, 5) is 29.5. The van der Waals surface area contributed by atoms with Crippen LogP contribution in [-0.4, -0.2) is 46.8 Å². The van der Waals surface area contributed by atoms with Gasteiger partial charge in [0.2, 0.25) is 11.8 Å². The van der Waals surface area contributed by atoms with Gasteiger partial charge in [0.25, 0.3) is 0 Å². The molecule has 1 saturated carbocycles. The van der Waals surface area contributed by atoms with E-state index in [0.717, 1.165) is 51.4 Å². The SMILES string of the molecule is CCCC(=O)NC[C@@H]1CC[C@H](CC(=O)N2Cc3ccccc3C2)N1CC1CC1. The fourth-order valence-corrected chi connectivity index (χ4v) is 4.74. The van der Waals surface area contributed by atoms with E-state index >= 15 is 0 Å². The molecule has 1 aliphatic carbocycles. The number of carbonyl (C=O) groups excluding carboxylic acids is 2. The number of rotatable bonds is 8. The highest BCUT2D eigenvalue weighted by Gasteiger charge is 2.39. The van der Waals surface area contributed by atoms with E-state index in [1.54, 1.807) is 0 Å². The van der Waals surface area contributed by atoms with Crippen molar-refractivity contribution in [2.75, 3.05) is 13.1 Å². The summed E-state index contributed by atoms with van der Waals surface area (Å²) in [5.74, 6) is 1.22. The second-order valence-corrected chi connectivity index (χ2v) is 8.80. The van der Waals surface area contributed by atoms with Crippen LogP contribution in [-0.2, 0) is 22.7 Å². The number of amides is 2. The maximum Gasteiger partial charge on any atom is 0.224 e. The first-order valence-corrected chi connectivity index (χ1v) is 11.0. The van der Waals surface area contributed by atoms with Crippen molar-refractivity contribution >= 4 is 11.8 Å². The largest absolute Gasteiger partial charge is 0.355 e. The Hall–Kier alpha value is -1.88. The van der Waals surface area contributed by atoms with Gasteiger partial charge >= 0.3 is 0 Å². The van der Waals surface area contributed by atoms with Gasteiger partial charge in [-0.15, -0.1) is 0 Å². The zero-order valence-corrected chi connectivity index (χ0v) is 17.0. The molecule has 152 valence electrons. The highest BCUT2D eigenvalue weighted by molar-refractivity contribution is 5.77. The first kappa shape index (κ1) is 19.4. The maximum atomic E-state index is 13.0. The number of fused-ring (bicyclic) bond motifs is 1. The van der Waals surface area contributed by atoms with Crippen LogP contribution in [0.2, 0.25) is 0 Å². The summed E-state index contributed by atoms with van der Waals surface area (Å²) in [6, 6.07) is 9.08. The predicted molar refractivity (Wildman–Crippen MR) is 109 cm³/mol. The monoisotopic (exact) mass is 383 g/mol. The maximum absolute atomic E-state index is 13.0. The third-order valence-corrected chi connectivity index (χ3v) is 6.55. The Labute approximate surface area is 168 Å². The van der Waals surface area contributed by atoms with E-state index in [2.05, 4.69) is 34.5 Å². The Balaban J connectivity index is 1.34. The zero-order valence-electron chi connectivity index (χ0n) is 17.0. The lowest BCUT2D eigenvalue weighted by Crippen LogP contribution is -2.45. The Morgan fingerprint density at radius 1 is 1.04 bits per heavy atom. The van der Waals surface area contributed by atoms with Crippen molar-refractivity contribution < 1.29 is 9.59 Å². The summed E-state index contributed by atoms with van der Waals surface area (Å²) in [7, 11) is 0. The standard InChI is InChI=1S/C23H33N3O2/c1-2-5-22(27)24-13-21-11-10-20(26(21)14-17-8-9-17)12-23(28)25-15-18-6-3-4-7-19(18)16-25/h3-4,6-7,17,20-21H,2,5,8-16H2,1H3,(H,24,27)/t20-,21+/m1/s1. The summed E-state index contributed by atoms with van der Waals surface area (Å²) in [5.41, 5.74) is 2.57. The van der Waals surface area contributed by atoms with Gasteiger partial charge in [-0.05, 0) is 49.1 Å². The average Bonchev–Trinajstić information content (AvgIpc) is 3.27. The van der Waals surface area contributed by atoms with Crippen molar-refractivity contribution in [2.45, 2.75) is 77.0 Å². The molecule has 2 aliphatic heterocycles. The van der Waals surface area contributed by atoms with E-state index in [9.17, 15) is 9.59 Å². The fourth-order valence-electron chi connectivity index (χ4n) is 4.74. The third kappa shape index (κ3) is 4.57. The van der Waals surface area contributed by atoms with Crippen LogP contribution < -0.4 is 5.32 Å². The molecule has 4 rings (SSSR count). The minimum Gasteiger partial charge on any atom is -0.355 e. The molecule has 3 aliphatic rings. The number of nitrogens with one attached hydrogen (secondary N) is 1. The van der Waals surface area contributed by atoms with Crippen LogP contribution in [0.1, 0.15) is 63.0 Å². The lowest BCUT2D eigenvalue weighted by Gasteiger charge is -2.31. The smallest absolute Gasteiger partial charge is 0.224 e. The number of benzene rings is 1. The van der Waals surface area contributed by atoms with Crippen molar-refractivity contribution in [1.82, 2.24) is 15.1 Å². The summed E-state index contributed by atoms with van der Waals surface area (Å²) < 4.78 is 0. The molecule has 28 heavy (non-hydrogen) atoms. The first-order valence-electron chi connectivity index (χ1n) is 11.0. The highest BCUT2D eigenvalue weighted by Crippen LogP contribution is 2.36. The molecule has 0 bridgehead atoms. The Kier molecular flexibility index (Phi) is 6.00. The number of carbonyl (C=O) groups is 2.